The highest BCUT2D eigenvalue weighted by Gasteiger charge is 2.34. The summed E-state index contributed by atoms with van der Waals surface area (Å²) >= 11 is 4.30. The van der Waals surface area contributed by atoms with Crippen molar-refractivity contribution < 1.29 is 19.1 Å². The first kappa shape index (κ1) is 20.2. The van der Waals surface area contributed by atoms with E-state index in [1.165, 1.54) is 12.0 Å². The Hall–Kier alpha value is -2.58. The van der Waals surface area contributed by atoms with Gasteiger partial charge in [-0.1, -0.05) is 28.1 Å². The average Bonchev–Trinajstić information content (AvgIpc) is 2.94. The van der Waals surface area contributed by atoms with Gasteiger partial charge < -0.3 is 10.1 Å². The summed E-state index contributed by atoms with van der Waals surface area (Å²) < 4.78 is 5.62. The number of thioether (sulfide) groups is 1. The normalized spacial score (nSPS) is 15.2. The molecule has 2 aromatic carbocycles. The number of carbonyl (C=O) groups excluding carboxylic acids is 3. The van der Waals surface area contributed by atoms with E-state index in [4.69, 9.17) is 0 Å². The van der Waals surface area contributed by atoms with Crippen LogP contribution in [0.1, 0.15) is 21.5 Å². The van der Waals surface area contributed by atoms with E-state index in [1.807, 2.05) is 25.1 Å². The third-order valence-corrected chi connectivity index (χ3v) is 5.52. The number of benzene rings is 2. The van der Waals surface area contributed by atoms with Crippen LogP contribution in [0.2, 0.25) is 0 Å². The Kier molecular flexibility index (Phi) is 6.21. The SMILES string of the molecule is COC(=O)c1ccc(/C=C2/SC(=O)N(CNc3ccc(Br)cc3C)C2=O)cc1. The molecule has 3 rings (SSSR count). The monoisotopic (exact) mass is 460 g/mol. The molecule has 0 atom stereocenters. The smallest absolute Gasteiger partial charge is 0.337 e. The van der Waals surface area contributed by atoms with Crippen LogP contribution in [0.5, 0.6) is 0 Å². The van der Waals surface area contributed by atoms with E-state index in [0.29, 0.717) is 10.5 Å². The van der Waals surface area contributed by atoms with Crippen molar-refractivity contribution in [2.45, 2.75) is 6.92 Å². The molecule has 2 amide bonds. The van der Waals surface area contributed by atoms with Crippen molar-refractivity contribution in [1.82, 2.24) is 4.90 Å². The number of hydrogen-bond acceptors (Lipinski definition) is 6. The van der Waals surface area contributed by atoms with Crippen LogP contribution in [-0.2, 0) is 9.53 Å². The maximum absolute atomic E-state index is 12.6. The van der Waals surface area contributed by atoms with Crippen molar-refractivity contribution in [3.63, 3.8) is 0 Å². The summed E-state index contributed by atoms with van der Waals surface area (Å²) in [5, 5.41) is 2.80. The Labute approximate surface area is 175 Å². The largest absolute Gasteiger partial charge is 0.465 e. The molecular formula is C20H17BrN2O4S. The number of esters is 1. The van der Waals surface area contributed by atoms with Crippen molar-refractivity contribution >= 4 is 56.6 Å². The Morgan fingerprint density at radius 3 is 2.57 bits per heavy atom. The number of ether oxygens (including phenoxy) is 1. The number of aryl methyl sites for hydroxylation is 1. The minimum Gasteiger partial charge on any atom is -0.465 e. The molecule has 1 aliphatic rings. The molecule has 0 saturated carbocycles. The highest BCUT2D eigenvalue weighted by atomic mass is 79.9. The molecule has 8 heteroatoms. The van der Waals surface area contributed by atoms with Gasteiger partial charge >= 0.3 is 5.97 Å². The zero-order chi connectivity index (χ0) is 20.3. The summed E-state index contributed by atoms with van der Waals surface area (Å²) in [6, 6.07) is 12.3. The second kappa shape index (κ2) is 8.62. The van der Waals surface area contributed by atoms with Gasteiger partial charge in [-0.15, -0.1) is 0 Å². The van der Waals surface area contributed by atoms with Crippen molar-refractivity contribution in [2.24, 2.45) is 0 Å². The summed E-state index contributed by atoms with van der Waals surface area (Å²) in [6.07, 6.45) is 1.64. The standard InChI is InChI=1S/C20H17BrN2O4S/c1-12-9-15(21)7-8-16(12)22-11-23-18(24)17(28-20(23)26)10-13-3-5-14(6-4-13)19(25)27-2/h3-10,22H,11H2,1-2H3/b17-10+. The first-order valence-corrected chi connectivity index (χ1v) is 9.94. The number of halogens is 1. The van der Waals surface area contributed by atoms with E-state index < -0.39 is 5.97 Å². The van der Waals surface area contributed by atoms with E-state index in [0.717, 1.165) is 33.0 Å². The number of nitrogens with one attached hydrogen (secondary N) is 1. The van der Waals surface area contributed by atoms with Crippen LogP contribution in [0.25, 0.3) is 6.08 Å². The van der Waals surface area contributed by atoms with Gasteiger partial charge in [0.2, 0.25) is 0 Å². The molecule has 0 unspecified atom stereocenters. The summed E-state index contributed by atoms with van der Waals surface area (Å²) in [5.74, 6) is -0.782. The fraction of sp³-hybridized carbons (Fsp3) is 0.150. The van der Waals surface area contributed by atoms with Gasteiger partial charge in [-0.05, 0) is 66.2 Å². The molecule has 6 nitrogen and oxygen atoms in total. The number of amides is 2. The summed E-state index contributed by atoms with van der Waals surface area (Å²) in [5.41, 5.74) is 2.99. The van der Waals surface area contributed by atoms with Crippen molar-refractivity contribution in [1.29, 1.82) is 0 Å². The molecular weight excluding hydrogens is 444 g/mol. The van der Waals surface area contributed by atoms with Crippen LogP contribution in [0.3, 0.4) is 0 Å². The highest BCUT2D eigenvalue weighted by Crippen LogP contribution is 2.32. The number of rotatable bonds is 5. The van der Waals surface area contributed by atoms with E-state index in [-0.39, 0.29) is 17.8 Å². The summed E-state index contributed by atoms with van der Waals surface area (Å²) in [7, 11) is 1.32. The van der Waals surface area contributed by atoms with Crippen LogP contribution in [0.4, 0.5) is 10.5 Å². The topological polar surface area (TPSA) is 75.7 Å². The molecule has 1 N–H and O–H groups in total. The van der Waals surface area contributed by atoms with Crippen molar-refractivity contribution in [3.8, 4) is 0 Å². The number of methoxy groups -OCH3 is 1. The molecule has 144 valence electrons. The van der Waals surface area contributed by atoms with Gasteiger partial charge in [0.25, 0.3) is 11.1 Å². The van der Waals surface area contributed by atoms with Crippen LogP contribution < -0.4 is 5.32 Å². The molecule has 2 aromatic rings. The second-order valence-electron chi connectivity index (χ2n) is 6.02. The highest BCUT2D eigenvalue weighted by molar-refractivity contribution is 9.10. The Balaban J connectivity index is 1.70. The predicted octanol–water partition coefficient (Wildman–Crippen LogP) is 4.65. The first-order valence-electron chi connectivity index (χ1n) is 8.33. The first-order chi connectivity index (χ1) is 13.4. The Morgan fingerprint density at radius 1 is 1.21 bits per heavy atom. The fourth-order valence-electron chi connectivity index (χ4n) is 2.61. The van der Waals surface area contributed by atoms with Crippen LogP contribution in [-0.4, -0.2) is 35.8 Å². The van der Waals surface area contributed by atoms with Gasteiger partial charge in [0.05, 0.1) is 24.2 Å². The number of anilines is 1. The van der Waals surface area contributed by atoms with Crippen molar-refractivity contribution in [3.05, 3.63) is 68.5 Å². The lowest BCUT2D eigenvalue weighted by molar-refractivity contribution is -0.122. The van der Waals surface area contributed by atoms with Gasteiger partial charge in [0, 0.05) is 10.2 Å². The molecule has 1 fully saturated rings. The second-order valence-corrected chi connectivity index (χ2v) is 7.93. The number of carbonyl (C=O) groups is 3. The van der Waals surface area contributed by atoms with Crippen LogP contribution in [0.15, 0.2) is 51.8 Å². The molecule has 28 heavy (non-hydrogen) atoms. The average molecular weight is 461 g/mol. The maximum Gasteiger partial charge on any atom is 0.337 e. The lowest BCUT2D eigenvalue weighted by Crippen LogP contribution is -2.33. The lowest BCUT2D eigenvalue weighted by Gasteiger charge is -2.16. The van der Waals surface area contributed by atoms with Gasteiger partial charge in [-0.2, -0.15) is 0 Å². The molecule has 0 radical (unpaired) electrons. The van der Waals surface area contributed by atoms with Gasteiger partial charge in [-0.25, -0.2) is 4.79 Å². The number of nitrogens with zero attached hydrogens (tertiary/aromatic N) is 1. The van der Waals surface area contributed by atoms with E-state index in [2.05, 4.69) is 26.0 Å². The summed E-state index contributed by atoms with van der Waals surface area (Å²) in [6.45, 7) is 2.03. The van der Waals surface area contributed by atoms with E-state index in [1.54, 1.807) is 30.3 Å². The molecule has 0 aliphatic carbocycles. The molecule has 0 spiro atoms. The van der Waals surface area contributed by atoms with E-state index >= 15 is 0 Å². The zero-order valence-electron chi connectivity index (χ0n) is 15.2. The third kappa shape index (κ3) is 4.45. The minimum atomic E-state index is -0.429. The third-order valence-electron chi connectivity index (χ3n) is 4.12. The quantitative estimate of drug-likeness (QED) is 0.516. The molecule has 0 aromatic heterocycles. The van der Waals surface area contributed by atoms with Crippen molar-refractivity contribution in [2.75, 3.05) is 19.1 Å². The minimum absolute atomic E-state index is 0.0890. The van der Waals surface area contributed by atoms with Gasteiger partial charge in [0.1, 0.15) is 0 Å². The molecule has 1 saturated heterocycles. The van der Waals surface area contributed by atoms with Gasteiger partial charge in [0.15, 0.2) is 0 Å². The maximum atomic E-state index is 12.6. The zero-order valence-corrected chi connectivity index (χ0v) is 17.6. The molecule has 0 bridgehead atoms. The van der Waals surface area contributed by atoms with E-state index in [9.17, 15) is 14.4 Å². The Morgan fingerprint density at radius 2 is 1.93 bits per heavy atom. The van der Waals surface area contributed by atoms with Crippen LogP contribution in [0, 0.1) is 6.92 Å². The van der Waals surface area contributed by atoms with Crippen LogP contribution >= 0.6 is 27.7 Å². The Bertz CT molecular complexity index is 973. The van der Waals surface area contributed by atoms with Gasteiger partial charge in [-0.3, -0.25) is 14.5 Å². The molecule has 1 heterocycles. The lowest BCUT2D eigenvalue weighted by atomic mass is 10.1. The summed E-state index contributed by atoms with van der Waals surface area (Å²) in [4.78, 5) is 37.8. The molecule has 1 aliphatic heterocycles. The predicted molar refractivity (Wildman–Crippen MR) is 113 cm³/mol. The number of imide groups is 1. The fourth-order valence-corrected chi connectivity index (χ4v) is 3.92. The number of hydrogen-bond donors (Lipinski definition) is 1.